The van der Waals surface area contributed by atoms with Crippen LogP contribution in [-0.4, -0.2) is 28.9 Å². The van der Waals surface area contributed by atoms with E-state index >= 15 is 0 Å². The van der Waals surface area contributed by atoms with Crippen molar-refractivity contribution in [1.82, 2.24) is 14.9 Å². The summed E-state index contributed by atoms with van der Waals surface area (Å²) in [6.45, 7) is 6.19. The van der Waals surface area contributed by atoms with Crippen molar-refractivity contribution in [2.45, 2.75) is 32.6 Å². The summed E-state index contributed by atoms with van der Waals surface area (Å²) in [5, 5.41) is 5.50. The molecule has 0 bridgehead atoms. The zero-order chi connectivity index (χ0) is 19.5. The van der Waals surface area contributed by atoms with Gasteiger partial charge in [0.15, 0.2) is 0 Å². The Morgan fingerprint density at radius 2 is 1.96 bits per heavy atom. The lowest BCUT2D eigenvalue weighted by Crippen LogP contribution is -2.27. The number of aliphatic imine (C=N–C) groups is 1. The Morgan fingerprint density at radius 3 is 2.68 bits per heavy atom. The van der Waals surface area contributed by atoms with Gasteiger partial charge in [-0.2, -0.15) is 0 Å². The number of nitrogens with zero attached hydrogens (tertiary/aromatic N) is 3. The molecule has 1 N–H and O–H groups in total. The quantitative estimate of drug-likeness (QED) is 0.587. The van der Waals surface area contributed by atoms with E-state index in [1.54, 1.807) is 0 Å². The topological polar surface area (TPSA) is 42.2 Å². The number of pyridine rings is 1. The van der Waals surface area contributed by atoms with Crippen LogP contribution in [0.4, 0.5) is 0 Å². The van der Waals surface area contributed by atoms with Crippen LogP contribution < -0.4 is 5.32 Å². The van der Waals surface area contributed by atoms with Crippen LogP contribution in [-0.2, 0) is 0 Å². The largest absolute Gasteiger partial charge is 0.317 e. The SMILES string of the molecule is CC=N/C=C(\C)c1c(C2CCNCC2)c2ccncc2n1-c1ccc(Cl)cc1. The van der Waals surface area contributed by atoms with Gasteiger partial charge in [0.25, 0.3) is 0 Å². The molecule has 0 atom stereocenters. The smallest absolute Gasteiger partial charge is 0.0721 e. The van der Waals surface area contributed by atoms with Gasteiger partial charge >= 0.3 is 0 Å². The lowest BCUT2D eigenvalue weighted by Gasteiger charge is -2.24. The Hall–Kier alpha value is -2.43. The highest BCUT2D eigenvalue weighted by atomic mass is 35.5. The zero-order valence-electron chi connectivity index (χ0n) is 16.3. The maximum absolute atomic E-state index is 6.16. The first kappa shape index (κ1) is 18.9. The molecule has 144 valence electrons. The van der Waals surface area contributed by atoms with Gasteiger partial charge < -0.3 is 9.88 Å². The molecule has 0 radical (unpaired) electrons. The molecule has 1 aromatic carbocycles. The molecule has 3 aromatic rings. The Kier molecular flexibility index (Phi) is 5.60. The molecule has 1 saturated heterocycles. The predicted octanol–water partition coefficient (Wildman–Crippen LogP) is 5.60. The molecule has 0 saturated carbocycles. The Balaban J connectivity index is 2.04. The monoisotopic (exact) mass is 392 g/mol. The number of aromatic nitrogens is 2. The summed E-state index contributed by atoms with van der Waals surface area (Å²) < 4.78 is 2.31. The fraction of sp³-hybridized carbons (Fsp3) is 0.304. The maximum atomic E-state index is 6.16. The van der Waals surface area contributed by atoms with Crippen LogP contribution in [0.15, 0.2) is 53.9 Å². The molecule has 2 aromatic heterocycles. The minimum absolute atomic E-state index is 0.517. The van der Waals surface area contributed by atoms with Crippen molar-refractivity contribution in [3.05, 3.63) is 65.2 Å². The number of piperidine rings is 1. The summed E-state index contributed by atoms with van der Waals surface area (Å²) in [7, 11) is 0. The van der Waals surface area contributed by atoms with Gasteiger partial charge in [-0.3, -0.25) is 9.98 Å². The van der Waals surface area contributed by atoms with E-state index < -0.39 is 0 Å². The van der Waals surface area contributed by atoms with Crippen molar-refractivity contribution in [2.24, 2.45) is 4.99 Å². The minimum Gasteiger partial charge on any atom is -0.317 e. The number of fused-ring (bicyclic) bond motifs is 1. The molecule has 3 heterocycles. The highest BCUT2D eigenvalue weighted by Gasteiger charge is 2.26. The van der Waals surface area contributed by atoms with Crippen LogP contribution in [0.25, 0.3) is 22.2 Å². The van der Waals surface area contributed by atoms with Crippen molar-refractivity contribution < 1.29 is 0 Å². The van der Waals surface area contributed by atoms with Gasteiger partial charge in [0.2, 0.25) is 0 Å². The third-order valence-electron chi connectivity index (χ3n) is 5.43. The fourth-order valence-corrected chi connectivity index (χ4v) is 4.30. The predicted molar refractivity (Wildman–Crippen MR) is 119 cm³/mol. The van der Waals surface area contributed by atoms with Gasteiger partial charge in [0.05, 0.1) is 17.4 Å². The van der Waals surface area contributed by atoms with E-state index in [2.05, 4.69) is 45.0 Å². The van der Waals surface area contributed by atoms with Crippen LogP contribution in [0.1, 0.15) is 43.9 Å². The standard InChI is InChI=1S/C23H25ClN4/c1-3-25-14-16(2)23-22(17-8-11-26-12-9-17)20-10-13-27-15-21(20)28(23)19-6-4-18(24)5-7-19/h3-7,10,13-15,17,26H,8-9,11-12H2,1-2H3/b16-14+,25-3?. The van der Waals surface area contributed by atoms with Crippen LogP contribution in [0.2, 0.25) is 5.02 Å². The van der Waals surface area contributed by atoms with Gasteiger partial charge in [-0.1, -0.05) is 11.6 Å². The third kappa shape index (κ3) is 3.50. The molecule has 28 heavy (non-hydrogen) atoms. The van der Waals surface area contributed by atoms with Crippen molar-refractivity contribution in [1.29, 1.82) is 0 Å². The van der Waals surface area contributed by atoms with Crippen molar-refractivity contribution in [2.75, 3.05) is 13.1 Å². The normalized spacial score (nSPS) is 16.3. The molecule has 0 aliphatic carbocycles. The second-order valence-corrected chi connectivity index (χ2v) is 7.65. The summed E-state index contributed by atoms with van der Waals surface area (Å²) in [5.41, 5.74) is 6.00. The highest BCUT2D eigenvalue weighted by Crippen LogP contribution is 2.40. The molecule has 4 nitrogen and oxygen atoms in total. The molecule has 0 spiro atoms. The lowest BCUT2D eigenvalue weighted by atomic mass is 9.87. The molecule has 0 unspecified atom stereocenters. The number of nitrogens with one attached hydrogen (secondary N) is 1. The minimum atomic E-state index is 0.517. The van der Waals surface area contributed by atoms with Crippen LogP contribution >= 0.6 is 11.6 Å². The molecule has 5 heteroatoms. The van der Waals surface area contributed by atoms with E-state index in [9.17, 15) is 0 Å². The van der Waals surface area contributed by atoms with Crippen molar-refractivity contribution >= 4 is 34.3 Å². The van der Waals surface area contributed by atoms with Gasteiger partial charge in [0.1, 0.15) is 0 Å². The van der Waals surface area contributed by atoms with E-state index in [4.69, 9.17) is 11.6 Å². The Labute approximate surface area is 171 Å². The number of allylic oxidation sites excluding steroid dienone is 1. The second kappa shape index (κ2) is 8.29. The maximum Gasteiger partial charge on any atom is 0.0721 e. The number of rotatable bonds is 4. The Morgan fingerprint density at radius 1 is 1.21 bits per heavy atom. The molecular formula is C23H25ClN4. The van der Waals surface area contributed by atoms with E-state index in [0.717, 1.165) is 47.7 Å². The number of hydrogen-bond acceptors (Lipinski definition) is 3. The van der Waals surface area contributed by atoms with Crippen molar-refractivity contribution in [3.8, 4) is 5.69 Å². The van der Waals surface area contributed by atoms with E-state index in [0.29, 0.717) is 5.92 Å². The van der Waals surface area contributed by atoms with Gasteiger partial charge in [0, 0.05) is 34.7 Å². The molecular weight excluding hydrogens is 368 g/mol. The third-order valence-corrected chi connectivity index (χ3v) is 5.68. The molecule has 0 amide bonds. The number of hydrogen-bond donors (Lipinski definition) is 1. The summed E-state index contributed by atoms with van der Waals surface area (Å²) in [6, 6.07) is 10.2. The average molecular weight is 393 g/mol. The van der Waals surface area contributed by atoms with Crippen LogP contribution in [0, 0.1) is 0 Å². The van der Waals surface area contributed by atoms with E-state index in [-0.39, 0.29) is 0 Å². The van der Waals surface area contributed by atoms with Gasteiger partial charge in [-0.05, 0) is 87.2 Å². The fourth-order valence-electron chi connectivity index (χ4n) is 4.18. The summed E-state index contributed by atoms with van der Waals surface area (Å²) in [6.07, 6.45) is 9.92. The van der Waals surface area contributed by atoms with Crippen LogP contribution in [0.5, 0.6) is 0 Å². The Bertz CT molecular complexity index is 1020. The summed E-state index contributed by atoms with van der Waals surface area (Å²) in [5.74, 6) is 0.517. The molecule has 1 aliphatic heterocycles. The number of benzene rings is 1. The van der Waals surface area contributed by atoms with E-state index in [1.165, 1.54) is 16.6 Å². The summed E-state index contributed by atoms with van der Waals surface area (Å²) >= 11 is 6.16. The molecule has 1 fully saturated rings. The van der Waals surface area contributed by atoms with Gasteiger partial charge in [-0.15, -0.1) is 0 Å². The first-order valence-electron chi connectivity index (χ1n) is 9.80. The molecule has 4 rings (SSSR count). The first-order chi connectivity index (χ1) is 13.7. The number of halogens is 1. The van der Waals surface area contributed by atoms with Crippen molar-refractivity contribution in [3.63, 3.8) is 0 Å². The second-order valence-electron chi connectivity index (χ2n) is 7.21. The van der Waals surface area contributed by atoms with Gasteiger partial charge in [-0.25, -0.2) is 0 Å². The first-order valence-corrected chi connectivity index (χ1v) is 10.2. The van der Waals surface area contributed by atoms with E-state index in [1.807, 2.05) is 43.9 Å². The average Bonchev–Trinajstić information content (AvgIpc) is 3.08. The lowest BCUT2D eigenvalue weighted by molar-refractivity contribution is 0.461. The summed E-state index contributed by atoms with van der Waals surface area (Å²) in [4.78, 5) is 8.83. The van der Waals surface area contributed by atoms with Crippen LogP contribution in [0.3, 0.4) is 0 Å². The highest BCUT2D eigenvalue weighted by molar-refractivity contribution is 6.30. The molecule has 1 aliphatic rings. The zero-order valence-corrected chi connectivity index (χ0v) is 17.1.